The predicted octanol–water partition coefficient (Wildman–Crippen LogP) is 2.57. The number of nitrogens with zero attached hydrogens (tertiary/aromatic N) is 3. The summed E-state index contributed by atoms with van der Waals surface area (Å²) < 4.78 is 8.23. The van der Waals surface area contributed by atoms with Crippen LogP contribution in [0.5, 0.6) is 0 Å². The lowest BCUT2D eigenvalue weighted by Gasteiger charge is -2.07. The number of amides is 1. The Morgan fingerprint density at radius 1 is 1.25 bits per heavy atom. The molecule has 0 fully saturated rings. The van der Waals surface area contributed by atoms with E-state index in [1.165, 1.54) is 0 Å². The maximum atomic E-state index is 12.2. The Balaban J connectivity index is 1.99. The smallest absolute Gasteiger partial charge is 0.274 e. The standard InChI is InChI=1S/C12H8ClN5OS/c13-6-4-5-7-11(18-20-17-7)10(6)16-12(19)8-2-1-3-9(14)15-8/h1-5H,(H2,14,15)(H,16,19). The van der Waals surface area contributed by atoms with Gasteiger partial charge in [0, 0.05) is 0 Å². The molecule has 6 nitrogen and oxygen atoms in total. The van der Waals surface area contributed by atoms with Crippen molar-refractivity contribution >= 4 is 51.8 Å². The highest BCUT2D eigenvalue weighted by Gasteiger charge is 2.15. The van der Waals surface area contributed by atoms with Gasteiger partial charge in [0.15, 0.2) is 0 Å². The van der Waals surface area contributed by atoms with Crippen LogP contribution in [-0.2, 0) is 0 Å². The van der Waals surface area contributed by atoms with Crippen molar-refractivity contribution < 1.29 is 4.79 Å². The first kappa shape index (κ1) is 12.8. The topological polar surface area (TPSA) is 93.8 Å². The number of hydrogen-bond donors (Lipinski definition) is 2. The molecule has 3 rings (SSSR count). The molecule has 2 aromatic heterocycles. The Bertz CT molecular complexity index is 803. The minimum absolute atomic E-state index is 0.209. The van der Waals surface area contributed by atoms with Crippen molar-refractivity contribution in [1.82, 2.24) is 13.7 Å². The number of nitrogen functional groups attached to an aromatic ring is 1. The monoisotopic (exact) mass is 305 g/mol. The summed E-state index contributed by atoms with van der Waals surface area (Å²) in [4.78, 5) is 16.1. The zero-order valence-electron chi connectivity index (χ0n) is 10.0. The highest BCUT2D eigenvalue weighted by molar-refractivity contribution is 7.00. The molecule has 0 spiro atoms. The number of hydrogen-bond acceptors (Lipinski definition) is 6. The molecule has 0 unspecified atom stereocenters. The van der Waals surface area contributed by atoms with E-state index in [0.29, 0.717) is 21.7 Å². The summed E-state index contributed by atoms with van der Waals surface area (Å²) in [5, 5.41) is 3.09. The molecule has 1 amide bonds. The number of carbonyl (C=O) groups is 1. The Morgan fingerprint density at radius 3 is 2.90 bits per heavy atom. The zero-order chi connectivity index (χ0) is 14.1. The van der Waals surface area contributed by atoms with Crippen LogP contribution >= 0.6 is 23.3 Å². The number of aromatic nitrogens is 3. The van der Waals surface area contributed by atoms with Crippen LogP contribution in [0.2, 0.25) is 5.02 Å². The second-order valence-corrected chi connectivity index (χ2v) is 4.89. The van der Waals surface area contributed by atoms with E-state index < -0.39 is 5.91 Å². The normalized spacial score (nSPS) is 10.7. The van der Waals surface area contributed by atoms with E-state index >= 15 is 0 Å². The van der Waals surface area contributed by atoms with Gasteiger partial charge in [0.2, 0.25) is 0 Å². The molecule has 0 saturated carbocycles. The Kier molecular flexibility index (Phi) is 3.21. The molecule has 0 aliphatic carbocycles. The maximum Gasteiger partial charge on any atom is 0.274 e. The molecule has 3 aromatic rings. The molecule has 100 valence electrons. The quantitative estimate of drug-likeness (QED) is 0.759. The van der Waals surface area contributed by atoms with E-state index in [4.69, 9.17) is 17.3 Å². The third-order valence-corrected chi connectivity index (χ3v) is 3.48. The molecule has 0 saturated heterocycles. The first-order chi connectivity index (χ1) is 9.65. The summed E-state index contributed by atoms with van der Waals surface area (Å²) in [6, 6.07) is 8.24. The first-order valence-electron chi connectivity index (χ1n) is 5.60. The zero-order valence-corrected chi connectivity index (χ0v) is 11.6. The highest BCUT2D eigenvalue weighted by atomic mass is 35.5. The number of nitrogens with two attached hydrogens (primary N) is 1. The van der Waals surface area contributed by atoms with Crippen molar-refractivity contribution in [2.24, 2.45) is 0 Å². The molecular formula is C12H8ClN5OS. The molecular weight excluding hydrogens is 298 g/mol. The van der Waals surface area contributed by atoms with Crippen LogP contribution in [-0.4, -0.2) is 19.6 Å². The lowest BCUT2D eigenvalue weighted by Crippen LogP contribution is -2.14. The molecule has 2 heterocycles. The number of nitrogens with one attached hydrogen (secondary N) is 1. The summed E-state index contributed by atoms with van der Waals surface area (Å²) in [5.41, 5.74) is 7.42. The molecule has 20 heavy (non-hydrogen) atoms. The van der Waals surface area contributed by atoms with E-state index in [0.717, 1.165) is 11.7 Å². The van der Waals surface area contributed by atoms with Gasteiger partial charge < -0.3 is 11.1 Å². The molecule has 0 aliphatic rings. The average molecular weight is 306 g/mol. The van der Waals surface area contributed by atoms with Crippen LogP contribution in [0.1, 0.15) is 10.5 Å². The SMILES string of the molecule is Nc1cccc(C(=O)Nc2c(Cl)ccc3nsnc23)n1. The van der Waals surface area contributed by atoms with Gasteiger partial charge >= 0.3 is 0 Å². The minimum Gasteiger partial charge on any atom is -0.384 e. The van der Waals surface area contributed by atoms with Crippen molar-refractivity contribution in [3.05, 3.63) is 41.0 Å². The Labute approximate surface area is 122 Å². The highest BCUT2D eigenvalue weighted by Crippen LogP contribution is 2.30. The van der Waals surface area contributed by atoms with Crippen LogP contribution in [0.25, 0.3) is 11.0 Å². The van der Waals surface area contributed by atoms with E-state index in [-0.39, 0.29) is 11.5 Å². The summed E-state index contributed by atoms with van der Waals surface area (Å²) in [7, 11) is 0. The van der Waals surface area contributed by atoms with E-state index in [2.05, 4.69) is 19.0 Å². The van der Waals surface area contributed by atoms with Crippen molar-refractivity contribution in [2.45, 2.75) is 0 Å². The largest absolute Gasteiger partial charge is 0.384 e. The Hall–Kier alpha value is -2.25. The van der Waals surface area contributed by atoms with Crippen LogP contribution in [0.4, 0.5) is 11.5 Å². The fourth-order valence-corrected chi connectivity index (χ4v) is 2.44. The summed E-state index contributed by atoms with van der Waals surface area (Å²) >= 11 is 7.16. The fourth-order valence-electron chi connectivity index (χ4n) is 1.70. The molecule has 8 heteroatoms. The van der Waals surface area contributed by atoms with Gasteiger partial charge in [0.25, 0.3) is 5.91 Å². The lowest BCUT2D eigenvalue weighted by molar-refractivity contribution is 0.102. The van der Waals surface area contributed by atoms with Crippen LogP contribution in [0.15, 0.2) is 30.3 Å². The molecule has 3 N–H and O–H groups in total. The van der Waals surface area contributed by atoms with E-state index in [1.54, 1.807) is 30.3 Å². The molecule has 0 atom stereocenters. The minimum atomic E-state index is -0.403. The lowest BCUT2D eigenvalue weighted by atomic mass is 10.2. The second-order valence-electron chi connectivity index (χ2n) is 3.96. The van der Waals surface area contributed by atoms with Gasteiger partial charge in [-0.25, -0.2) is 4.98 Å². The van der Waals surface area contributed by atoms with Gasteiger partial charge in [-0.1, -0.05) is 17.7 Å². The third kappa shape index (κ3) is 2.28. The van der Waals surface area contributed by atoms with Crippen LogP contribution in [0, 0.1) is 0 Å². The first-order valence-corrected chi connectivity index (χ1v) is 6.70. The van der Waals surface area contributed by atoms with Gasteiger partial charge in [0.05, 0.1) is 22.4 Å². The van der Waals surface area contributed by atoms with Gasteiger partial charge in [-0.05, 0) is 24.3 Å². The summed E-state index contributed by atoms with van der Waals surface area (Å²) in [6.07, 6.45) is 0. The van der Waals surface area contributed by atoms with Crippen LogP contribution in [0.3, 0.4) is 0 Å². The summed E-state index contributed by atoms with van der Waals surface area (Å²) in [5.74, 6) is -0.128. The fraction of sp³-hybridized carbons (Fsp3) is 0. The van der Waals surface area contributed by atoms with Gasteiger partial charge in [-0.3, -0.25) is 4.79 Å². The number of benzene rings is 1. The molecule has 0 bridgehead atoms. The average Bonchev–Trinajstić information content (AvgIpc) is 2.90. The van der Waals surface area contributed by atoms with E-state index in [1.807, 2.05) is 0 Å². The predicted molar refractivity (Wildman–Crippen MR) is 79.0 cm³/mol. The number of fused-ring (bicyclic) bond motifs is 1. The maximum absolute atomic E-state index is 12.2. The molecule has 0 radical (unpaired) electrons. The van der Waals surface area contributed by atoms with Crippen molar-refractivity contribution in [3.8, 4) is 0 Å². The number of pyridine rings is 1. The van der Waals surface area contributed by atoms with Gasteiger partial charge in [0.1, 0.15) is 22.5 Å². The number of carbonyl (C=O) groups excluding carboxylic acids is 1. The van der Waals surface area contributed by atoms with Gasteiger partial charge in [-0.2, -0.15) is 8.75 Å². The Morgan fingerprint density at radius 2 is 2.10 bits per heavy atom. The second kappa shape index (κ2) is 5.03. The number of halogens is 1. The van der Waals surface area contributed by atoms with Crippen LogP contribution < -0.4 is 11.1 Å². The molecule has 1 aromatic carbocycles. The number of anilines is 2. The molecule has 0 aliphatic heterocycles. The van der Waals surface area contributed by atoms with E-state index in [9.17, 15) is 4.79 Å². The van der Waals surface area contributed by atoms with Crippen molar-refractivity contribution in [2.75, 3.05) is 11.1 Å². The van der Waals surface area contributed by atoms with Crippen molar-refractivity contribution in [1.29, 1.82) is 0 Å². The summed E-state index contributed by atoms with van der Waals surface area (Å²) in [6.45, 7) is 0. The van der Waals surface area contributed by atoms with Gasteiger partial charge in [-0.15, -0.1) is 0 Å². The third-order valence-electron chi connectivity index (χ3n) is 2.62. The van der Waals surface area contributed by atoms with Crippen molar-refractivity contribution in [3.63, 3.8) is 0 Å². The number of rotatable bonds is 2.